The lowest BCUT2D eigenvalue weighted by Crippen LogP contribution is -2.46. The van der Waals surface area contributed by atoms with E-state index in [4.69, 9.17) is 0 Å². The van der Waals surface area contributed by atoms with Crippen LogP contribution in [0.15, 0.2) is 12.4 Å². The van der Waals surface area contributed by atoms with E-state index in [2.05, 4.69) is 15.4 Å². The Morgan fingerprint density at radius 1 is 1.29 bits per heavy atom. The fourth-order valence-corrected chi connectivity index (χ4v) is 2.05. The Hall–Kier alpha value is -2.51. The third-order valence-electron chi connectivity index (χ3n) is 3.74. The Bertz CT molecular complexity index is 591. The van der Waals surface area contributed by atoms with E-state index in [1.54, 1.807) is 6.92 Å². The van der Waals surface area contributed by atoms with Crippen molar-refractivity contribution in [2.24, 2.45) is 0 Å². The van der Waals surface area contributed by atoms with Gasteiger partial charge < -0.3 is 4.90 Å². The summed E-state index contributed by atoms with van der Waals surface area (Å²) >= 11 is 0. The Morgan fingerprint density at radius 2 is 1.90 bits per heavy atom. The zero-order valence-corrected chi connectivity index (χ0v) is 11.7. The maximum atomic E-state index is 12.0. The van der Waals surface area contributed by atoms with Crippen molar-refractivity contribution >= 4 is 17.8 Å². The number of imide groups is 1. The van der Waals surface area contributed by atoms with Crippen LogP contribution in [0.4, 0.5) is 4.79 Å². The number of carbonyl (C=O) groups excluding carboxylic acids is 3. The highest BCUT2D eigenvalue weighted by Gasteiger charge is 2.41. The van der Waals surface area contributed by atoms with Crippen molar-refractivity contribution < 1.29 is 14.4 Å². The summed E-state index contributed by atoms with van der Waals surface area (Å²) in [7, 11) is 1.50. The molecule has 1 aromatic rings. The molecule has 21 heavy (non-hydrogen) atoms. The van der Waals surface area contributed by atoms with Crippen LogP contribution >= 0.6 is 0 Å². The van der Waals surface area contributed by atoms with Crippen molar-refractivity contribution in [2.45, 2.75) is 31.7 Å². The summed E-state index contributed by atoms with van der Waals surface area (Å²) in [5.74, 6) is 0.0829. The SMILES string of the molecule is CC1C(=O)N(NC(=O)c2cnc(C3CC3)nc2)C(=O)N1C. The maximum absolute atomic E-state index is 12.0. The van der Waals surface area contributed by atoms with E-state index in [0.717, 1.165) is 23.7 Å². The lowest BCUT2D eigenvalue weighted by atomic mass is 10.3. The number of nitrogens with zero attached hydrogens (tertiary/aromatic N) is 4. The molecule has 2 heterocycles. The van der Waals surface area contributed by atoms with E-state index in [9.17, 15) is 14.4 Å². The van der Waals surface area contributed by atoms with Crippen LogP contribution < -0.4 is 5.43 Å². The van der Waals surface area contributed by atoms with Crippen molar-refractivity contribution in [3.63, 3.8) is 0 Å². The van der Waals surface area contributed by atoms with Gasteiger partial charge in [-0.3, -0.25) is 15.0 Å². The Labute approximate surface area is 121 Å². The lowest BCUT2D eigenvalue weighted by molar-refractivity contribution is -0.129. The summed E-state index contributed by atoms with van der Waals surface area (Å²) in [5, 5.41) is 0.724. The van der Waals surface area contributed by atoms with Crippen LogP contribution in [0.2, 0.25) is 0 Å². The molecule has 1 N–H and O–H groups in total. The molecule has 0 aromatic carbocycles. The van der Waals surface area contributed by atoms with Gasteiger partial charge in [-0.15, -0.1) is 0 Å². The number of urea groups is 1. The van der Waals surface area contributed by atoms with Gasteiger partial charge in [0.25, 0.3) is 11.8 Å². The molecule has 1 saturated heterocycles. The van der Waals surface area contributed by atoms with Crippen LogP contribution in [0.3, 0.4) is 0 Å². The van der Waals surface area contributed by atoms with Gasteiger partial charge in [-0.2, -0.15) is 5.01 Å². The average molecular weight is 289 g/mol. The molecule has 4 amide bonds. The fraction of sp³-hybridized carbons (Fsp3) is 0.462. The maximum Gasteiger partial charge on any atom is 0.346 e. The minimum atomic E-state index is -0.591. The van der Waals surface area contributed by atoms with Crippen LogP contribution in [0.25, 0.3) is 0 Å². The van der Waals surface area contributed by atoms with Crippen molar-refractivity contribution in [2.75, 3.05) is 7.05 Å². The molecule has 8 heteroatoms. The standard InChI is InChI=1S/C13H15N5O3/c1-7-12(20)18(13(21)17(7)2)16-11(19)9-5-14-10(15-6-9)8-3-4-8/h5-8H,3-4H2,1-2H3,(H,16,19). The number of nitrogens with one attached hydrogen (secondary N) is 1. The number of hydrazine groups is 1. The first-order valence-corrected chi connectivity index (χ1v) is 6.72. The average Bonchev–Trinajstić information content (AvgIpc) is 3.31. The first-order chi connectivity index (χ1) is 9.99. The van der Waals surface area contributed by atoms with Crippen LogP contribution in [0.1, 0.15) is 41.9 Å². The van der Waals surface area contributed by atoms with Crippen LogP contribution in [0.5, 0.6) is 0 Å². The highest BCUT2D eigenvalue weighted by molar-refractivity contribution is 6.06. The Morgan fingerprint density at radius 3 is 2.38 bits per heavy atom. The molecule has 1 aromatic heterocycles. The fourth-order valence-electron chi connectivity index (χ4n) is 2.05. The molecule has 2 fully saturated rings. The quantitative estimate of drug-likeness (QED) is 0.806. The molecule has 0 spiro atoms. The van der Waals surface area contributed by atoms with Gasteiger partial charge in [0.1, 0.15) is 11.9 Å². The molecule has 3 rings (SSSR count). The van der Waals surface area contributed by atoms with E-state index in [-0.39, 0.29) is 5.56 Å². The number of aromatic nitrogens is 2. The molecular weight excluding hydrogens is 274 g/mol. The second-order valence-electron chi connectivity index (χ2n) is 5.29. The predicted molar refractivity (Wildman–Crippen MR) is 70.9 cm³/mol. The van der Waals surface area contributed by atoms with Crippen LogP contribution in [0, 0.1) is 0 Å². The highest BCUT2D eigenvalue weighted by atomic mass is 16.2. The van der Waals surface area contributed by atoms with E-state index < -0.39 is 23.9 Å². The molecular formula is C13H15N5O3. The summed E-state index contributed by atoms with van der Waals surface area (Å²) in [5.41, 5.74) is 2.50. The number of amides is 4. The van der Waals surface area contributed by atoms with Gasteiger partial charge in [-0.05, 0) is 19.8 Å². The van der Waals surface area contributed by atoms with Gasteiger partial charge in [0.15, 0.2) is 0 Å². The molecule has 1 atom stereocenters. The summed E-state index contributed by atoms with van der Waals surface area (Å²) in [6.45, 7) is 1.60. The summed E-state index contributed by atoms with van der Waals surface area (Å²) in [6, 6.07) is -1.15. The number of hydrogen-bond acceptors (Lipinski definition) is 5. The minimum absolute atomic E-state index is 0.210. The molecule has 1 saturated carbocycles. The molecule has 2 aliphatic rings. The van der Waals surface area contributed by atoms with Gasteiger partial charge in [-0.25, -0.2) is 14.8 Å². The zero-order valence-electron chi connectivity index (χ0n) is 11.7. The molecule has 1 aliphatic heterocycles. The number of hydrogen-bond donors (Lipinski definition) is 1. The Balaban J connectivity index is 1.71. The predicted octanol–water partition coefficient (Wildman–Crippen LogP) is 0.281. The molecule has 1 aliphatic carbocycles. The van der Waals surface area contributed by atoms with Crippen molar-refractivity contribution in [3.8, 4) is 0 Å². The van der Waals surface area contributed by atoms with Gasteiger partial charge in [0.2, 0.25) is 0 Å². The molecule has 8 nitrogen and oxygen atoms in total. The summed E-state index contributed by atoms with van der Waals surface area (Å²) in [6.07, 6.45) is 4.97. The molecule has 110 valence electrons. The van der Waals surface area contributed by atoms with E-state index in [0.29, 0.717) is 5.92 Å². The van der Waals surface area contributed by atoms with E-state index >= 15 is 0 Å². The highest BCUT2D eigenvalue weighted by Crippen LogP contribution is 2.37. The zero-order chi connectivity index (χ0) is 15.1. The minimum Gasteiger partial charge on any atom is -0.314 e. The molecule has 1 unspecified atom stereocenters. The van der Waals surface area contributed by atoms with Crippen molar-refractivity contribution in [1.82, 2.24) is 25.3 Å². The Kier molecular flexibility index (Phi) is 3.08. The van der Waals surface area contributed by atoms with Gasteiger partial charge >= 0.3 is 6.03 Å². The normalized spacial score (nSPS) is 21.9. The summed E-state index contributed by atoms with van der Waals surface area (Å²) in [4.78, 5) is 45.3. The molecule has 0 radical (unpaired) electrons. The largest absolute Gasteiger partial charge is 0.346 e. The second-order valence-corrected chi connectivity index (χ2v) is 5.29. The molecule has 0 bridgehead atoms. The monoisotopic (exact) mass is 289 g/mol. The van der Waals surface area contributed by atoms with Crippen molar-refractivity contribution in [3.05, 3.63) is 23.8 Å². The third kappa shape index (κ3) is 2.32. The van der Waals surface area contributed by atoms with Crippen LogP contribution in [-0.2, 0) is 4.79 Å². The smallest absolute Gasteiger partial charge is 0.314 e. The number of likely N-dealkylation sites (N-methyl/N-ethyl adjacent to an activating group) is 1. The first-order valence-electron chi connectivity index (χ1n) is 6.72. The lowest BCUT2D eigenvalue weighted by Gasteiger charge is -2.14. The van der Waals surface area contributed by atoms with Gasteiger partial charge in [0, 0.05) is 25.4 Å². The van der Waals surface area contributed by atoms with E-state index in [1.165, 1.54) is 24.3 Å². The van der Waals surface area contributed by atoms with Gasteiger partial charge in [-0.1, -0.05) is 0 Å². The van der Waals surface area contributed by atoms with Gasteiger partial charge in [0.05, 0.1) is 5.56 Å². The topological polar surface area (TPSA) is 95.5 Å². The second kappa shape index (κ2) is 4.80. The third-order valence-corrected chi connectivity index (χ3v) is 3.74. The first kappa shape index (κ1) is 13.5. The summed E-state index contributed by atoms with van der Waals surface area (Å²) < 4.78 is 0. The number of carbonyl (C=O) groups is 3. The number of rotatable bonds is 3. The van der Waals surface area contributed by atoms with Crippen molar-refractivity contribution in [1.29, 1.82) is 0 Å². The van der Waals surface area contributed by atoms with Crippen LogP contribution in [-0.4, -0.2) is 50.8 Å². The van der Waals surface area contributed by atoms with E-state index in [1.807, 2.05) is 0 Å².